The van der Waals surface area contributed by atoms with Crippen LogP contribution in [0.4, 0.5) is 5.69 Å². The van der Waals surface area contributed by atoms with Crippen molar-refractivity contribution in [3.05, 3.63) is 109 Å². The van der Waals surface area contributed by atoms with Gasteiger partial charge in [0, 0.05) is 27.6 Å². The van der Waals surface area contributed by atoms with Gasteiger partial charge in [-0.25, -0.2) is 9.97 Å². The summed E-state index contributed by atoms with van der Waals surface area (Å²) in [4.78, 5) is 10.0. The second-order valence-electron chi connectivity index (χ2n) is 7.80. The summed E-state index contributed by atoms with van der Waals surface area (Å²) in [5, 5.41) is 2.22. The van der Waals surface area contributed by atoms with Gasteiger partial charge in [-0.15, -0.1) is 0 Å². The van der Waals surface area contributed by atoms with Gasteiger partial charge in [-0.1, -0.05) is 78.9 Å². The van der Waals surface area contributed by atoms with Crippen molar-refractivity contribution in [1.29, 1.82) is 0 Å². The van der Waals surface area contributed by atoms with Crippen molar-refractivity contribution in [2.45, 2.75) is 0 Å². The fourth-order valence-electron chi connectivity index (χ4n) is 4.25. The average Bonchev–Trinajstić information content (AvgIpc) is 3.18. The molecule has 0 aliphatic rings. The number of benzene rings is 4. The quantitative estimate of drug-likeness (QED) is 0.338. The van der Waals surface area contributed by atoms with E-state index < -0.39 is 0 Å². The Morgan fingerprint density at radius 3 is 1.75 bits per heavy atom. The maximum atomic E-state index is 6.12. The smallest absolute Gasteiger partial charge is 0.235 e. The van der Waals surface area contributed by atoms with Crippen LogP contribution in [-0.4, -0.2) is 14.5 Å². The third-order valence-electron chi connectivity index (χ3n) is 5.75. The van der Waals surface area contributed by atoms with Crippen molar-refractivity contribution in [2.75, 3.05) is 5.73 Å². The molecule has 0 spiro atoms. The largest absolute Gasteiger partial charge is 0.399 e. The molecular weight excluding hydrogens is 392 g/mol. The number of hydrogen-bond acceptors (Lipinski definition) is 3. The predicted octanol–water partition coefficient (Wildman–Crippen LogP) is 6.49. The van der Waals surface area contributed by atoms with E-state index in [4.69, 9.17) is 15.7 Å². The van der Waals surface area contributed by atoms with E-state index in [-0.39, 0.29) is 0 Å². The first-order chi connectivity index (χ1) is 15.8. The molecule has 0 fully saturated rings. The molecular formula is C28H20N4. The van der Waals surface area contributed by atoms with E-state index in [1.165, 1.54) is 0 Å². The zero-order valence-electron chi connectivity index (χ0n) is 17.3. The van der Waals surface area contributed by atoms with Gasteiger partial charge in [0.2, 0.25) is 5.95 Å². The molecule has 0 aliphatic heterocycles. The maximum Gasteiger partial charge on any atom is 0.235 e. The van der Waals surface area contributed by atoms with Crippen molar-refractivity contribution < 1.29 is 0 Å². The van der Waals surface area contributed by atoms with Crippen LogP contribution in [0.5, 0.6) is 0 Å². The number of aromatic nitrogens is 3. The molecule has 2 N–H and O–H groups in total. The van der Waals surface area contributed by atoms with Gasteiger partial charge in [0.15, 0.2) is 0 Å². The first kappa shape index (κ1) is 18.3. The molecule has 0 unspecified atom stereocenters. The second-order valence-corrected chi connectivity index (χ2v) is 7.80. The highest BCUT2D eigenvalue weighted by Gasteiger charge is 2.16. The van der Waals surface area contributed by atoms with Crippen LogP contribution in [-0.2, 0) is 0 Å². The molecule has 0 aliphatic carbocycles. The van der Waals surface area contributed by atoms with Crippen molar-refractivity contribution in [1.82, 2.24) is 14.5 Å². The van der Waals surface area contributed by atoms with Crippen molar-refractivity contribution in [3.63, 3.8) is 0 Å². The van der Waals surface area contributed by atoms with Crippen LogP contribution in [0, 0.1) is 0 Å². The molecule has 6 aromatic rings. The number of anilines is 1. The van der Waals surface area contributed by atoms with Gasteiger partial charge in [0.1, 0.15) is 0 Å². The summed E-state index contributed by atoms with van der Waals surface area (Å²) in [6.07, 6.45) is 0. The predicted molar refractivity (Wildman–Crippen MR) is 132 cm³/mol. The third kappa shape index (κ3) is 3.01. The van der Waals surface area contributed by atoms with Gasteiger partial charge in [-0.05, 0) is 30.3 Å². The molecule has 4 aromatic carbocycles. The van der Waals surface area contributed by atoms with E-state index in [2.05, 4.69) is 47.0 Å². The standard InChI is InChI=1S/C28H20N4/c29-21-15-16-27-23(17-21)22-13-7-8-14-26(22)32(27)28-30-24(19-9-3-1-4-10-19)18-25(31-28)20-11-5-2-6-12-20/h1-18H,29H2. The lowest BCUT2D eigenvalue weighted by atomic mass is 10.1. The monoisotopic (exact) mass is 412 g/mol. The zero-order chi connectivity index (χ0) is 21.5. The Morgan fingerprint density at radius 1 is 0.531 bits per heavy atom. The Hall–Kier alpha value is -4.44. The fraction of sp³-hybridized carbons (Fsp3) is 0. The van der Waals surface area contributed by atoms with Crippen LogP contribution in [0.1, 0.15) is 0 Å². The minimum Gasteiger partial charge on any atom is -0.399 e. The highest BCUT2D eigenvalue weighted by atomic mass is 15.2. The lowest BCUT2D eigenvalue weighted by molar-refractivity contribution is 0.995. The first-order valence-electron chi connectivity index (χ1n) is 10.6. The zero-order valence-corrected chi connectivity index (χ0v) is 17.3. The van der Waals surface area contributed by atoms with E-state index in [0.717, 1.165) is 50.0 Å². The summed E-state index contributed by atoms with van der Waals surface area (Å²) in [5.74, 6) is 0.640. The SMILES string of the molecule is Nc1ccc2c(c1)c1ccccc1n2-c1nc(-c2ccccc2)cc(-c2ccccc2)n1. The maximum absolute atomic E-state index is 6.12. The number of rotatable bonds is 3. The lowest BCUT2D eigenvalue weighted by Crippen LogP contribution is -2.04. The number of nitrogen functional groups attached to an aromatic ring is 1. The van der Waals surface area contributed by atoms with E-state index in [1.807, 2.05) is 66.7 Å². The highest BCUT2D eigenvalue weighted by molar-refractivity contribution is 6.09. The molecule has 0 bridgehead atoms. The van der Waals surface area contributed by atoms with Crippen molar-refractivity contribution in [2.24, 2.45) is 0 Å². The fourth-order valence-corrected chi connectivity index (χ4v) is 4.25. The Morgan fingerprint density at radius 2 is 1.09 bits per heavy atom. The summed E-state index contributed by atoms with van der Waals surface area (Å²) in [5.41, 5.74) is 12.8. The minimum absolute atomic E-state index is 0.640. The van der Waals surface area contributed by atoms with Crippen LogP contribution in [0.15, 0.2) is 109 Å². The van der Waals surface area contributed by atoms with Crippen LogP contribution in [0.3, 0.4) is 0 Å². The highest BCUT2D eigenvalue weighted by Crippen LogP contribution is 2.33. The Kier molecular flexibility index (Phi) is 4.22. The number of hydrogen-bond donors (Lipinski definition) is 1. The molecule has 4 heteroatoms. The minimum atomic E-state index is 0.640. The van der Waals surface area contributed by atoms with E-state index >= 15 is 0 Å². The van der Waals surface area contributed by atoms with Crippen LogP contribution in [0.2, 0.25) is 0 Å². The topological polar surface area (TPSA) is 56.7 Å². The van der Waals surface area contributed by atoms with Gasteiger partial charge in [0.25, 0.3) is 0 Å². The van der Waals surface area contributed by atoms with Gasteiger partial charge in [-0.3, -0.25) is 4.57 Å². The summed E-state index contributed by atoms with van der Waals surface area (Å²) in [7, 11) is 0. The molecule has 0 radical (unpaired) electrons. The summed E-state index contributed by atoms with van der Waals surface area (Å²) >= 11 is 0. The van der Waals surface area contributed by atoms with Crippen LogP contribution in [0.25, 0.3) is 50.3 Å². The Labute approximate surface area is 185 Å². The first-order valence-corrected chi connectivity index (χ1v) is 10.6. The molecule has 0 amide bonds. The number of para-hydroxylation sites is 1. The van der Waals surface area contributed by atoms with Gasteiger partial charge in [-0.2, -0.15) is 0 Å². The van der Waals surface area contributed by atoms with E-state index in [9.17, 15) is 0 Å². The number of nitrogens with zero attached hydrogens (tertiary/aromatic N) is 3. The molecule has 4 nitrogen and oxygen atoms in total. The van der Waals surface area contributed by atoms with Gasteiger partial charge < -0.3 is 5.73 Å². The molecule has 2 heterocycles. The summed E-state index contributed by atoms with van der Waals surface area (Å²) in [6.45, 7) is 0. The summed E-state index contributed by atoms with van der Waals surface area (Å²) < 4.78 is 2.13. The number of fused-ring (bicyclic) bond motifs is 3. The molecule has 6 rings (SSSR count). The van der Waals surface area contributed by atoms with Gasteiger partial charge in [0.05, 0.1) is 22.4 Å². The summed E-state index contributed by atoms with van der Waals surface area (Å²) in [6, 6.07) is 36.8. The molecule has 152 valence electrons. The van der Waals surface area contributed by atoms with Crippen LogP contribution >= 0.6 is 0 Å². The normalized spacial score (nSPS) is 11.2. The second kappa shape index (κ2) is 7.36. The molecule has 0 atom stereocenters. The van der Waals surface area contributed by atoms with Gasteiger partial charge >= 0.3 is 0 Å². The third-order valence-corrected chi connectivity index (χ3v) is 5.75. The van der Waals surface area contributed by atoms with E-state index in [1.54, 1.807) is 0 Å². The average molecular weight is 412 g/mol. The molecule has 0 saturated heterocycles. The molecule has 0 saturated carbocycles. The Bertz CT molecular complexity index is 1510. The Balaban J connectivity index is 1.70. The lowest BCUT2D eigenvalue weighted by Gasteiger charge is -2.11. The molecule has 2 aromatic heterocycles. The number of nitrogens with two attached hydrogens (primary N) is 1. The molecule has 32 heavy (non-hydrogen) atoms. The van der Waals surface area contributed by atoms with E-state index in [0.29, 0.717) is 5.95 Å². The van der Waals surface area contributed by atoms with Crippen molar-refractivity contribution >= 4 is 27.5 Å². The van der Waals surface area contributed by atoms with Crippen LogP contribution < -0.4 is 5.73 Å². The van der Waals surface area contributed by atoms with Crippen molar-refractivity contribution in [3.8, 4) is 28.5 Å².